The number of allylic oxidation sites excluding steroid dienone is 1. The van der Waals surface area contributed by atoms with Crippen LogP contribution in [0.3, 0.4) is 0 Å². The maximum absolute atomic E-state index is 15.0. The molecule has 2 aliphatic heterocycles. The summed E-state index contributed by atoms with van der Waals surface area (Å²) in [4.78, 5) is 18.2. The van der Waals surface area contributed by atoms with Crippen molar-refractivity contribution in [3.63, 3.8) is 0 Å². The topological polar surface area (TPSA) is 168 Å². The molecule has 2 saturated heterocycles. The zero-order valence-electron chi connectivity index (χ0n) is 24.9. The third kappa shape index (κ3) is 7.31. The molecule has 1 aliphatic carbocycles. The van der Waals surface area contributed by atoms with Crippen LogP contribution in [-0.2, 0) is 30.4 Å². The minimum Gasteiger partial charge on any atom is -0.454 e. The second-order valence-corrected chi connectivity index (χ2v) is 11.1. The molecule has 46 heavy (non-hydrogen) atoms. The quantitative estimate of drug-likeness (QED) is 0.163. The van der Waals surface area contributed by atoms with Gasteiger partial charge in [-0.15, -0.1) is 0 Å². The first kappa shape index (κ1) is 33.7. The van der Waals surface area contributed by atoms with Gasteiger partial charge in [-0.1, -0.05) is 19.1 Å². The Labute approximate surface area is 261 Å². The first-order chi connectivity index (χ1) is 22.0. The van der Waals surface area contributed by atoms with E-state index in [1.807, 2.05) is 0 Å². The van der Waals surface area contributed by atoms with Crippen LogP contribution in [0.2, 0.25) is 0 Å². The van der Waals surface area contributed by atoms with Gasteiger partial charge in [-0.2, -0.15) is 0 Å². The van der Waals surface area contributed by atoms with Crippen LogP contribution in [0.4, 0.5) is 13.2 Å². The number of fused-ring (bicyclic) bond motifs is 1. The first-order valence-electron chi connectivity index (χ1n) is 14.6. The molecule has 250 valence electrons. The molecule has 2 aromatic rings. The van der Waals surface area contributed by atoms with E-state index in [0.29, 0.717) is 23.2 Å². The minimum atomic E-state index is -1.51. The SMILES string of the molecule is CCC(NOCc1ccc(F)c(F)c1)=C1O[C@@H](Oc2ccc(C=C(C)C(=O)N[C@@H]3[C@H](O)[C@@H](O)[C@H]4OCO[C@H]4[C@@H]3O)cc2F)C[C@@H]1O. The number of halogens is 3. The molecule has 0 spiro atoms. The van der Waals surface area contributed by atoms with Crippen molar-refractivity contribution < 1.29 is 62.2 Å². The average Bonchev–Trinajstić information content (AvgIpc) is 3.66. The van der Waals surface area contributed by atoms with Crippen molar-refractivity contribution >= 4 is 12.0 Å². The average molecular weight is 653 g/mol. The molecule has 8 atom stereocenters. The van der Waals surface area contributed by atoms with E-state index < -0.39 is 72.3 Å². The third-order valence-electron chi connectivity index (χ3n) is 7.90. The Morgan fingerprint density at radius 1 is 0.978 bits per heavy atom. The molecule has 1 saturated carbocycles. The fourth-order valence-corrected chi connectivity index (χ4v) is 5.42. The van der Waals surface area contributed by atoms with Crippen molar-refractivity contribution in [2.45, 2.75) is 82.3 Å². The van der Waals surface area contributed by atoms with E-state index >= 15 is 4.39 Å². The van der Waals surface area contributed by atoms with Crippen molar-refractivity contribution in [2.24, 2.45) is 0 Å². The summed E-state index contributed by atoms with van der Waals surface area (Å²) in [6, 6.07) is 6.06. The number of benzene rings is 2. The summed E-state index contributed by atoms with van der Waals surface area (Å²) in [6.45, 7) is 2.96. The number of aliphatic hydroxyl groups is 4. The molecule has 2 aromatic carbocycles. The Morgan fingerprint density at radius 3 is 2.41 bits per heavy atom. The second kappa shape index (κ2) is 14.4. The highest BCUT2D eigenvalue weighted by Crippen LogP contribution is 2.32. The van der Waals surface area contributed by atoms with E-state index in [9.17, 15) is 34.0 Å². The van der Waals surface area contributed by atoms with Gasteiger partial charge in [0.1, 0.15) is 43.4 Å². The highest BCUT2D eigenvalue weighted by atomic mass is 19.2. The number of nitrogens with one attached hydrogen (secondary N) is 2. The van der Waals surface area contributed by atoms with Crippen molar-refractivity contribution in [3.8, 4) is 5.75 Å². The highest BCUT2D eigenvalue weighted by Gasteiger charge is 2.53. The Kier molecular flexibility index (Phi) is 10.5. The standard InChI is InChI=1S/C31H35F3N2O10/c1-3-20(36-44-12-16-4-6-17(32)18(33)10-16)28-21(37)11-23(46-28)45-22-7-5-15(9-19(22)34)8-14(2)31(41)35-24-25(38)27(40)30-29(26(24)39)42-13-43-30/h4-10,21,23-27,29-30,36-40H,3,11-13H2,1-2H3,(H,35,41)/t21-,23+,24+,25-,26+,27+,29-,30+/m0/s1. The fraction of sp³-hybridized carbons (Fsp3) is 0.452. The number of carbonyl (C=O) groups excluding carboxylic acids is 1. The number of hydrogen-bond acceptors (Lipinski definition) is 11. The molecule has 0 bridgehead atoms. The molecule has 0 aromatic heterocycles. The van der Waals surface area contributed by atoms with Crippen LogP contribution in [-0.4, -0.2) is 82.1 Å². The number of carbonyl (C=O) groups is 1. The minimum absolute atomic E-state index is 0.0175. The summed E-state index contributed by atoms with van der Waals surface area (Å²) >= 11 is 0. The van der Waals surface area contributed by atoms with Gasteiger partial charge in [0.25, 0.3) is 0 Å². The lowest BCUT2D eigenvalue weighted by molar-refractivity contribution is -0.155. The van der Waals surface area contributed by atoms with E-state index in [0.717, 1.165) is 18.2 Å². The van der Waals surface area contributed by atoms with Gasteiger partial charge in [0.05, 0.1) is 24.8 Å². The van der Waals surface area contributed by atoms with Gasteiger partial charge in [-0.3, -0.25) is 15.1 Å². The fourth-order valence-electron chi connectivity index (χ4n) is 5.42. The molecule has 2 heterocycles. The zero-order valence-corrected chi connectivity index (χ0v) is 24.9. The molecular weight excluding hydrogens is 617 g/mol. The van der Waals surface area contributed by atoms with Crippen molar-refractivity contribution in [1.82, 2.24) is 10.8 Å². The monoisotopic (exact) mass is 652 g/mol. The second-order valence-electron chi connectivity index (χ2n) is 11.1. The third-order valence-corrected chi connectivity index (χ3v) is 7.90. The smallest absolute Gasteiger partial charge is 0.247 e. The largest absolute Gasteiger partial charge is 0.454 e. The van der Waals surface area contributed by atoms with Crippen LogP contribution in [0.25, 0.3) is 6.08 Å². The van der Waals surface area contributed by atoms with Crippen LogP contribution >= 0.6 is 0 Å². The van der Waals surface area contributed by atoms with Crippen molar-refractivity contribution in [3.05, 3.63) is 82.0 Å². The lowest BCUT2D eigenvalue weighted by atomic mass is 9.83. The molecule has 0 unspecified atom stereocenters. The normalized spacial score (nSPS) is 30.4. The van der Waals surface area contributed by atoms with Crippen LogP contribution in [0, 0.1) is 17.5 Å². The molecule has 0 radical (unpaired) electrons. The molecule has 6 N–H and O–H groups in total. The van der Waals surface area contributed by atoms with Crippen LogP contribution in [0.1, 0.15) is 37.8 Å². The highest BCUT2D eigenvalue weighted by molar-refractivity contribution is 5.97. The first-order valence-corrected chi connectivity index (χ1v) is 14.6. The number of amides is 1. The number of aliphatic hydroxyl groups excluding tert-OH is 4. The van der Waals surface area contributed by atoms with Gasteiger partial charge in [-0.05, 0) is 54.8 Å². The summed E-state index contributed by atoms with van der Waals surface area (Å²) in [5.74, 6) is -3.47. The Morgan fingerprint density at radius 2 is 1.72 bits per heavy atom. The number of hydrogen-bond donors (Lipinski definition) is 6. The number of rotatable bonds is 10. The van der Waals surface area contributed by atoms with E-state index in [-0.39, 0.29) is 36.9 Å². The zero-order chi connectivity index (χ0) is 33.1. The lowest BCUT2D eigenvalue weighted by Crippen LogP contribution is -2.67. The summed E-state index contributed by atoms with van der Waals surface area (Å²) in [7, 11) is 0. The molecule has 15 heteroatoms. The maximum Gasteiger partial charge on any atom is 0.247 e. The molecule has 1 amide bonds. The Hall–Kier alpha value is -3.70. The van der Waals surface area contributed by atoms with E-state index in [4.69, 9.17) is 23.8 Å². The maximum atomic E-state index is 15.0. The Balaban J connectivity index is 1.17. The molecule has 3 aliphatic rings. The number of ether oxygens (including phenoxy) is 4. The van der Waals surface area contributed by atoms with Crippen molar-refractivity contribution in [2.75, 3.05) is 6.79 Å². The summed E-state index contributed by atoms with van der Waals surface area (Å²) in [5.41, 5.74) is 3.83. The van der Waals surface area contributed by atoms with E-state index in [1.54, 1.807) is 6.92 Å². The van der Waals surface area contributed by atoms with Crippen LogP contribution in [0.5, 0.6) is 5.75 Å². The van der Waals surface area contributed by atoms with E-state index in [2.05, 4.69) is 10.8 Å². The van der Waals surface area contributed by atoms with Crippen LogP contribution < -0.4 is 15.5 Å². The molecule has 3 fully saturated rings. The van der Waals surface area contributed by atoms with Gasteiger partial charge >= 0.3 is 0 Å². The van der Waals surface area contributed by atoms with Crippen molar-refractivity contribution in [1.29, 1.82) is 0 Å². The molecule has 5 rings (SSSR count). The number of hydroxylamine groups is 1. The van der Waals surface area contributed by atoms with Gasteiger partial charge in [0, 0.05) is 5.57 Å². The summed E-state index contributed by atoms with van der Waals surface area (Å²) in [5, 5.41) is 44.3. The summed E-state index contributed by atoms with van der Waals surface area (Å²) in [6.07, 6.45) is -6.51. The predicted molar refractivity (Wildman–Crippen MR) is 152 cm³/mol. The van der Waals surface area contributed by atoms with Gasteiger partial charge < -0.3 is 44.7 Å². The lowest BCUT2D eigenvalue weighted by Gasteiger charge is -2.41. The molecular formula is C31H35F3N2O10. The summed E-state index contributed by atoms with van der Waals surface area (Å²) < 4.78 is 63.4. The van der Waals surface area contributed by atoms with Gasteiger partial charge in [-0.25, -0.2) is 13.2 Å². The van der Waals surface area contributed by atoms with E-state index in [1.165, 1.54) is 31.2 Å². The van der Waals surface area contributed by atoms with Crippen LogP contribution in [0.15, 0.2) is 53.4 Å². The van der Waals surface area contributed by atoms with Gasteiger partial charge in [0.15, 0.2) is 29.0 Å². The molecule has 12 nitrogen and oxygen atoms in total. The predicted octanol–water partition coefficient (Wildman–Crippen LogP) is 1.66. The van der Waals surface area contributed by atoms with Gasteiger partial charge in [0.2, 0.25) is 12.2 Å². The Bertz CT molecular complexity index is 1490.